The zero-order valence-corrected chi connectivity index (χ0v) is 17.7. The second-order valence-corrected chi connectivity index (χ2v) is 8.14. The molecule has 0 fully saturated rings. The highest BCUT2D eigenvalue weighted by Gasteiger charge is 2.15. The third-order valence-electron chi connectivity index (χ3n) is 4.38. The molecule has 1 N–H and O–H groups in total. The molecule has 0 bridgehead atoms. The van der Waals surface area contributed by atoms with Gasteiger partial charge >= 0.3 is 0 Å². The van der Waals surface area contributed by atoms with Gasteiger partial charge < -0.3 is 10.2 Å². The van der Waals surface area contributed by atoms with E-state index in [2.05, 4.69) is 15.3 Å². The van der Waals surface area contributed by atoms with Gasteiger partial charge in [-0.05, 0) is 23.8 Å². The normalized spacial score (nSPS) is 10.9. The number of amides is 1. The van der Waals surface area contributed by atoms with Crippen molar-refractivity contribution in [3.63, 3.8) is 0 Å². The van der Waals surface area contributed by atoms with E-state index in [1.165, 1.54) is 22.2 Å². The monoisotopic (exact) mass is 439 g/mol. The molecule has 0 saturated carbocycles. The number of fused-ring (bicyclic) bond motifs is 1. The van der Waals surface area contributed by atoms with Gasteiger partial charge in [-0.3, -0.25) is 14.2 Å². The number of rotatable bonds is 6. The Kier molecular flexibility index (Phi) is 5.78. The van der Waals surface area contributed by atoms with Gasteiger partial charge in [-0.2, -0.15) is 4.98 Å². The van der Waals surface area contributed by atoms with Gasteiger partial charge in [0.05, 0.1) is 0 Å². The summed E-state index contributed by atoms with van der Waals surface area (Å²) in [7, 11) is 1.92. The largest absolute Gasteiger partial charge is 0.347 e. The number of thiazole rings is 1. The van der Waals surface area contributed by atoms with Gasteiger partial charge in [0.15, 0.2) is 10.8 Å². The molecule has 0 saturated heterocycles. The standard InChI is InChI=1S/C21H18ClN5O2S/c1-26(11-14-6-3-2-4-7-14)21-25-19-18(30-21)20(29)27(13-23-19)12-17(28)24-16-9-5-8-15(22)10-16/h2-10,13H,11-12H2,1H3,(H,24,28). The maximum absolute atomic E-state index is 12.8. The molecule has 4 rings (SSSR count). The number of nitrogens with zero attached hydrogens (tertiary/aromatic N) is 4. The molecule has 0 spiro atoms. The van der Waals surface area contributed by atoms with E-state index < -0.39 is 0 Å². The van der Waals surface area contributed by atoms with E-state index >= 15 is 0 Å². The van der Waals surface area contributed by atoms with E-state index in [0.29, 0.717) is 32.7 Å². The van der Waals surface area contributed by atoms with Crippen molar-refractivity contribution < 1.29 is 4.79 Å². The second kappa shape index (κ2) is 8.64. The minimum Gasteiger partial charge on any atom is -0.347 e. The zero-order valence-electron chi connectivity index (χ0n) is 16.1. The average Bonchev–Trinajstić information content (AvgIpc) is 3.16. The van der Waals surface area contributed by atoms with Crippen molar-refractivity contribution in [3.8, 4) is 0 Å². The molecule has 7 nitrogen and oxygen atoms in total. The summed E-state index contributed by atoms with van der Waals surface area (Å²) in [6.45, 7) is 0.512. The molecule has 0 unspecified atom stereocenters. The van der Waals surface area contributed by atoms with Crippen LogP contribution in [0.5, 0.6) is 0 Å². The Morgan fingerprint density at radius 1 is 1.20 bits per heavy atom. The van der Waals surface area contributed by atoms with E-state index in [9.17, 15) is 9.59 Å². The first-order chi connectivity index (χ1) is 14.5. The van der Waals surface area contributed by atoms with E-state index in [-0.39, 0.29) is 18.0 Å². The number of hydrogen-bond donors (Lipinski definition) is 1. The van der Waals surface area contributed by atoms with Crippen LogP contribution >= 0.6 is 22.9 Å². The first kappa shape index (κ1) is 20.1. The lowest BCUT2D eigenvalue weighted by Crippen LogP contribution is -2.27. The summed E-state index contributed by atoms with van der Waals surface area (Å²) in [5.74, 6) is -0.341. The highest BCUT2D eigenvalue weighted by molar-refractivity contribution is 7.22. The van der Waals surface area contributed by atoms with E-state index in [0.717, 1.165) is 5.56 Å². The number of benzene rings is 2. The summed E-state index contributed by atoms with van der Waals surface area (Å²) in [5, 5.41) is 3.94. The average molecular weight is 440 g/mol. The topological polar surface area (TPSA) is 80.1 Å². The first-order valence-corrected chi connectivity index (χ1v) is 10.4. The SMILES string of the molecule is CN(Cc1ccccc1)c1nc2ncn(CC(=O)Nc3cccc(Cl)c3)c(=O)c2s1. The summed E-state index contributed by atoms with van der Waals surface area (Å²) in [6, 6.07) is 16.8. The molecule has 0 aliphatic carbocycles. The number of anilines is 2. The molecule has 2 heterocycles. The van der Waals surface area contributed by atoms with Crippen LogP contribution in [0.1, 0.15) is 5.56 Å². The van der Waals surface area contributed by atoms with Crippen molar-refractivity contribution in [1.82, 2.24) is 14.5 Å². The van der Waals surface area contributed by atoms with Crippen LogP contribution in [0.2, 0.25) is 5.02 Å². The molecule has 0 radical (unpaired) electrons. The Bertz CT molecular complexity index is 1260. The van der Waals surface area contributed by atoms with Crippen LogP contribution in [0, 0.1) is 0 Å². The molecule has 0 aliphatic rings. The molecule has 9 heteroatoms. The van der Waals surface area contributed by atoms with Crippen molar-refractivity contribution in [2.45, 2.75) is 13.1 Å². The smallest absolute Gasteiger partial charge is 0.273 e. The van der Waals surface area contributed by atoms with Crippen molar-refractivity contribution in [3.05, 3.63) is 81.9 Å². The van der Waals surface area contributed by atoms with Crippen LogP contribution in [0.3, 0.4) is 0 Å². The van der Waals surface area contributed by atoms with E-state index in [4.69, 9.17) is 11.6 Å². The Morgan fingerprint density at radius 2 is 2.00 bits per heavy atom. The Morgan fingerprint density at radius 3 is 2.77 bits per heavy atom. The van der Waals surface area contributed by atoms with Crippen molar-refractivity contribution in [1.29, 1.82) is 0 Å². The summed E-state index contributed by atoms with van der Waals surface area (Å²) < 4.78 is 1.70. The van der Waals surface area contributed by atoms with Crippen LogP contribution in [0.25, 0.3) is 10.3 Å². The summed E-state index contributed by atoms with van der Waals surface area (Å²) in [4.78, 5) is 35.9. The fraction of sp³-hybridized carbons (Fsp3) is 0.143. The summed E-state index contributed by atoms with van der Waals surface area (Å²) in [6.07, 6.45) is 1.35. The summed E-state index contributed by atoms with van der Waals surface area (Å²) >= 11 is 7.20. The van der Waals surface area contributed by atoms with E-state index in [1.807, 2.05) is 42.3 Å². The van der Waals surface area contributed by atoms with Crippen LogP contribution < -0.4 is 15.8 Å². The zero-order chi connectivity index (χ0) is 21.1. The van der Waals surface area contributed by atoms with Crippen molar-refractivity contribution in [2.75, 3.05) is 17.3 Å². The number of aromatic nitrogens is 3. The first-order valence-electron chi connectivity index (χ1n) is 9.16. The van der Waals surface area contributed by atoms with Crippen LogP contribution in [-0.2, 0) is 17.9 Å². The third kappa shape index (κ3) is 4.50. The second-order valence-electron chi connectivity index (χ2n) is 6.73. The highest BCUT2D eigenvalue weighted by atomic mass is 35.5. The molecule has 1 amide bonds. The number of nitrogens with one attached hydrogen (secondary N) is 1. The third-order valence-corrected chi connectivity index (χ3v) is 5.77. The van der Waals surface area contributed by atoms with Gasteiger partial charge in [0, 0.05) is 24.3 Å². The van der Waals surface area contributed by atoms with Crippen LogP contribution in [0.4, 0.5) is 10.8 Å². The minimum absolute atomic E-state index is 0.151. The summed E-state index contributed by atoms with van der Waals surface area (Å²) in [5.41, 5.74) is 1.80. The molecule has 0 atom stereocenters. The molecule has 0 aliphatic heterocycles. The fourth-order valence-corrected chi connectivity index (χ4v) is 4.08. The molecular weight excluding hydrogens is 422 g/mol. The van der Waals surface area contributed by atoms with Gasteiger partial charge in [0.1, 0.15) is 17.6 Å². The molecule has 4 aromatic rings. The number of halogens is 1. The molecule has 30 heavy (non-hydrogen) atoms. The Balaban J connectivity index is 1.52. The maximum atomic E-state index is 12.8. The van der Waals surface area contributed by atoms with Gasteiger partial charge in [0.25, 0.3) is 5.56 Å². The quantitative estimate of drug-likeness (QED) is 0.494. The van der Waals surface area contributed by atoms with Crippen LogP contribution in [0.15, 0.2) is 65.7 Å². The predicted octanol–water partition coefficient (Wildman–Crippen LogP) is 3.78. The lowest BCUT2D eigenvalue weighted by atomic mass is 10.2. The molecule has 2 aromatic heterocycles. The number of carbonyl (C=O) groups is 1. The molecular formula is C21H18ClN5O2S. The van der Waals surface area contributed by atoms with Gasteiger partial charge in [-0.25, -0.2) is 4.98 Å². The van der Waals surface area contributed by atoms with Crippen LogP contribution in [-0.4, -0.2) is 27.5 Å². The Hall–Kier alpha value is -3.23. The van der Waals surface area contributed by atoms with E-state index in [1.54, 1.807) is 24.3 Å². The predicted molar refractivity (Wildman–Crippen MR) is 120 cm³/mol. The maximum Gasteiger partial charge on any atom is 0.273 e. The van der Waals surface area contributed by atoms with Crippen molar-refractivity contribution >= 4 is 50.0 Å². The Labute approximate surface area is 181 Å². The number of carbonyl (C=O) groups excluding carboxylic acids is 1. The minimum atomic E-state index is -0.341. The number of hydrogen-bond acceptors (Lipinski definition) is 6. The fourth-order valence-electron chi connectivity index (χ4n) is 2.96. The molecule has 152 valence electrons. The van der Waals surface area contributed by atoms with Gasteiger partial charge in [-0.1, -0.05) is 59.3 Å². The van der Waals surface area contributed by atoms with Gasteiger partial charge in [-0.15, -0.1) is 0 Å². The lowest BCUT2D eigenvalue weighted by Gasteiger charge is -2.15. The van der Waals surface area contributed by atoms with Crippen molar-refractivity contribution in [2.24, 2.45) is 0 Å². The lowest BCUT2D eigenvalue weighted by molar-refractivity contribution is -0.116. The molecule has 2 aromatic carbocycles. The van der Waals surface area contributed by atoms with Gasteiger partial charge in [0.2, 0.25) is 5.91 Å². The highest BCUT2D eigenvalue weighted by Crippen LogP contribution is 2.25.